The molecule has 0 aliphatic rings. The SMILES string of the molecule is COCc1c(C(=O)O)ccn1Cc1cccc(C(=O)O)c1. The summed E-state index contributed by atoms with van der Waals surface area (Å²) in [6, 6.07) is 8.05. The van der Waals surface area contributed by atoms with Gasteiger partial charge in [-0.05, 0) is 23.8 Å². The molecule has 0 fully saturated rings. The molecule has 1 heterocycles. The Kier molecular flexibility index (Phi) is 4.39. The van der Waals surface area contributed by atoms with Crippen LogP contribution in [0, 0.1) is 0 Å². The normalized spacial score (nSPS) is 10.5. The van der Waals surface area contributed by atoms with Gasteiger partial charge in [-0.1, -0.05) is 12.1 Å². The summed E-state index contributed by atoms with van der Waals surface area (Å²) in [5, 5.41) is 18.1. The molecular formula is C15H15NO5. The molecule has 2 rings (SSSR count). The fourth-order valence-corrected chi connectivity index (χ4v) is 2.15. The summed E-state index contributed by atoms with van der Waals surface area (Å²) in [4.78, 5) is 22.1. The first-order valence-corrected chi connectivity index (χ1v) is 6.25. The Morgan fingerprint density at radius 1 is 1.19 bits per heavy atom. The maximum absolute atomic E-state index is 11.2. The predicted octanol–water partition coefficient (Wildman–Crippen LogP) is 2.08. The highest BCUT2D eigenvalue weighted by Crippen LogP contribution is 2.16. The van der Waals surface area contributed by atoms with Crippen molar-refractivity contribution in [3.05, 3.63) is 58.9 Å². The van der Waals surface area contributed by atoms with Gasteiger partial charge in [0, 0.05) is 19.9 Å². The van der Waals surface area contributed by atoms with Crippen LogP contribution in [0.3, 0.4) is 0 Å². The Bertz CT molecular complexity index is 674. The highest BCUT2D eigenvalue weighted by atomic mass is 16.5. The number of rotatable bonds is 6. The number of nitrogens with zero attached hydrogens (tertiary/aromatic N) is 1. The highest BCUT2D eigenvalue weighted by Gasteiger charge is 2.15. The quantitative estimate of drug-likeness (QED) is 0.850. The molecule has 1 aromatic carbocycles. The monoisotopic (exact) mass is 289 g/mol. The molecule has 0 radical (unpaired) electrons. The van der Waals surface area contributed by atoms with E-state index in [0.29, 0.717) is 12.2 Å². The summed E-state index contributed by atoms with van der Waals surface area (Å²) in [5.41, 5.74) is 1.71. The van der Waals surface area contributed by atoms with E-state index in [2.05, 4.69) is 0 Å². The van der Waals surface area contributed by atoms with E-state index in [1.807, 2.05) is 0 Å². The Balaban J connectivity index is 2.33. The Labute approximate surface area is 121 Å². The topological polar surface area (TPSA) is 88.8 Å². The van der Waals surface area contributed by atoms with E-state index < -0.39 is 11.9 Å². The van der Waals surface area contributed by atoms with Gasteiger partial charge in [-0.2, -0.15) is 0 Å². The molecule has 21 heavy (non-hydrogen) atoms. The fraction of sp³-hybridized carbons (Fsp3) is 0.200. The number of hydrogen-bond donors (Lipinski definition) is 2. The third-order valence-corrected chi connectivity index (χ3v) is 3.12. The highest BCUT2D eigenvalue weighted by molar-refractivity contribution is 5.89. The van der Waals surface area contributed by atoms with Crippen LogP contribution in [0.4, 0.5) is 0 Å². The number of methoxy groups -OCH3 is 1. The van der Waals surface area contributed by atoms with Crippen LogP contribution in [-0.4, -0.2) is 33.8 Å². The van der Waals surface area contributed by atoms with Crippen LogP contribution in [0.1, 0.15) is 32.0 Å². The molecule has 0 aliphatic carbocycles. The zero-order valence-corrected chi connectivity index (χ0v) is 11.4. The van der Waals surface area contributed by atoms with Crippen LogP contribution >= 0.6 is 0 Å². The summed E-state index contributed by atoms with van der Waals surface area (Å²) in [7, 11) is 1.49. The molecule has 0 amide bonds. The van der Waals surface area contributed by atoms with Crippen molar-refractivity contribution in [2.45, 2.75) is 13.2 Å². The lowest BCUT2D eigenvalue weighted by Gasteiger charge is -2.10. The summed E-state index contributed by atoms with van der Waals surface area (Å²) < 4.78 is 6.78. The first-order valence-electron chi connectivity index (χ1n) is 6.25. The van der Waals surface area contributed by atoms with Gasteiger partial charge >= 0.3 is 11.9 Å². The number of carboxylic acid groups (broad SMARTS) is 2. The fourth-order valence-electron chi connectivity index (χ4n) is 2.15. The molecule has 0 unspecified atom stereocenters. The van der Waals surface area contributed by atoms with Crippen molar-refractivity contribution in [1.29, 1.82) is 0 Å². The first kappa shape index (κ1) is 14.8. The van der Waals surface area contributed by atoms with Crippen LogP contribution in [0.2, 0.25) is 0 Å². The van der Waals surface area contributed by atoms with Crippen LogP contribution in [0.5, 0.6) is 0 Å². The molecule has 2 aromatic rings. The number of carboxylic acids is 2. The van der Waals surface area contributed by atoms with E-state index in [1.165, 1.54) is 19.2 Å². The molecule has 0 atom stereocenters. The van der Waals surface area contributed by atoms with Gasteiger partial charge in [0.1, 0.15) is 0 Å². The number of aromatic carboxylic acids is 2. The van der Waals surface area contributed by atoms with E-state index in [4.69, 9.17) is 14.9 Å². The second kappa shape index (κ2) is 6.23. The smallest absolute Gasteiger partial charge is 0.337 e. The Morgan fingerprint density at radius 3 is 2.57 bits per heavy atom. The molecular weight excluding hydrogens is 274 g/mol. The van der Waals surface area contributed by atoms with Gasteiger partial charge in [0.15, 0.2) is 0 Å². The molecule has 0 spiro atoms. The standard InChI is InChI=1S/C15H15NO5/c1-21-9-13-12(15(19)20)5-6-16(13)8-10-3-2-4-11(7-10)14(17)18/h2-7H,8-9H2,1H3,(H,17,18)(H,19,20). The second-order valence-corrected chi connectivity index (χ2v) is 4.55. The Morgan fingerprint density at radius 2 is 1.95 bits per heavy atom. The minimum absolute atomic E-state index is 0.174. The number of carbonyl (C=O) groups is 2. The largest absolute Gasteiger partial charge is 0.478 e. The summed E-state index contributed by atoms with van der Waals surface area (Å²) in [6.45, 7) is 0.556. The third kappa shape index (κ3) is 3.29. The van der Waals surface area contributed by atoms with E-state index in [1.54, 1.807) is 29.0 Å². The zero-order valence-electron chi connectivity index (χ0n) is 11.4. The maximum atomic E-state index is 11.2. The molecule has 0 aliphatic heterocycles. The molecule has 0 saturated heterocycles. The van der Waals surface area contributed by atoms with Gasteiger partial charge < -0.3 is 19.5 Å². The predicted molar refractivity (Wildman–Crippen MR) is 74.6 cm³/mol. The summed E-state index contributed by atoms with van der Waals surface area (Å²) in [5.74, 6) is -2.01. The molecule has 2 N–H and O–H groups in total. The first-order chi connectivity index (χ1) is 10.0. The third-order valence-electron chi connectivity index (χ3n) is 3.12. The maximum Gasteiger partial charge on any atom is 0.337 e. The van der Waals surface area contributed by atoms with Crippen LogP contribution < -0.4 is 0 Å². The lowest BCUT2D eigenvalue weighted by molar-refractivity contribution is 0.0683. The van der Waals surface area contributed by atoms with Crippen LogP contribution in [0.15, 0.2) is 36.5 Å². The van der Waals surface area contributed by atoms with Gasteiger partial charge in [-0.25, -0.2) is 9.59 Å². The number of benzene rings is 1. The van der Waals surface area contributed by atoms with Crippen molar-refractivity contribution in [2.24, 2.45) is 0 Å². The molecule has 0 bridgehead atoms. The molecule has 0 saturated carbocycles. The summed E-state index contributed by atoms with van der Waals surface area (Å²) in [6.07, 6.45) is 1.66. The van der Waals surface area contributed by atoms with Crippen molar-refractivity contribution in [1.82, 2.24) is 4.57 Å². The average Bonchev–Trinajstić information content (AvgIpc) is 2.83. The van der Waals surface area contributed by atoms with Crippen molar-refractivity contribution >= 4 is 11.9 Å². The van der Waals surface area contributed by atoms with Gasteiger partial charge in [0.05, 0.1) is 23.4 Å². The van der Waals surface area contributed by atoms with Crippen molar-refractivity contribution in [3.63, 3.8) is 0 Å². The Hall–Kier alpha value is -2.60. The van der Waals surface area contributed by atoms with Crippen molar-refractivity contribution < 1.29 is 24.5 Å². The minimum Gasteiger partial charge on any atom is -0.478 e. The van der Waals surface area contributed by atoms with E-state index >= 15 is 0 Å². The molecule has 1 aromatic heterocycles. The molecule has 110 valence electrons. The van der Waals surface area contributed by atoms with Crippen molar-refractivity contribution in [3.8, 4) is 0 Å². The molecule has 6 heteroatoms. The molecule has 6 nitrogen and oxygen atoms in total. The average molecular weight is 289 g/mol. The van der Waals surface area contributed by atoms with Gasteiger partial charge in [-0.15, -0.1) is 0 Å². The minimum atomic E-state index is -1.01. The van der Waals surface area contributed by atoms with Crippen LogP contribution in [0.25, 0.3) is 0 Å². The lowest BCUT2D eigenvalue weighted by Crippen LogP contribution is -2.09. The van der Waals surface area contributed by atoms with E-state index in [9.17, 15) is 9.59 Å². The summed E-state index contributed by atoms with van der Waals surface area (Å²) >= 11 is 0. The second-order valence-electron chi connectivity index (χ2n) is 4.55. The van der Waals surface area contributed by atoms with Crippen molar-refractivity contribution in [2.75, 3.05) is 7.11 Å². The van der Waals surface area contributed by atoms with Gasteiger partial charge in [0.25, 0.3) is 0 Å². The van der Waals surface area contributed by atoms with Gasteiger partial charge in [-0.3, -0.25) is 0 Å². The van der Waals surface area contributed by atoms with E-state index in [-0.39, 0.29) is 17.7 Å². The number of ether oxygens (including phenoxy) is 1. The van der Waals surface area contributed by atoms with Gasteiger partial charge in [0.2, 0.25) is 0 Å². The van der Waals surface area contributed by atoms with Crippen LogP contribution in [-0.2, 0) is 17.9 Å². The number of hydrogen-bond acceptors (Lipinski definition) is 3. The zero-order chi connectivity index (χ0) is 15.4. The number of aromatic nitrogens is 1. The lowest BCUT2D eigenvalue weighted by atomic mass is 10.1. The van der Waals surface area contributed by atoms with E-state index in [0.717, 1.165) is 5.56 Å².